The fraction of sp³-hybridized carbons (Fsp3) is 0.214. The summed E-state index contributed by atoms with van der Waals surface area (Å²) in [5.41, 5.74) is 0.987. The molecular formula is C14H16N2O3S. The van der Waals surface area contributed by atoms with Crippen molar-refractivity contribution in [3.8, 4) is 0 Å². The molecule has 2 aromatic rings. The van der Waals surface area contributed by atoms with Gasteiger partial charge in [0.2, 0.25) is 0 Å². The first kappa shape index (κ1) is 14.5. The molecule has 0 saturated carbocycles. The van der Waals surface area contributed by atoms with Crippen LogP contribution in [0.5, 0.6) is 0 Å². The minimum absolute atomic E-state index is 0.136. The van der Waals surface area contributed by atoms with Crippen LogP contribution < -0.4 is 0 Å². The second-order valence-electron chi connectivity index (χ2n) is 4.35. The summed E-state index contributed by atoms with van der Waals surface area (Å²) in [7, 11) is -3.82. The summed E-state index contributed by atoms with van der Waals surface area (Å²) in [5, 5.41) is 0. The highest BCUT2D eigenvalue weighted by molar-refractivity contribution is 7.86. The Hall–Kier alpha value is -1.92. The number of imidazole rings is 1. The van der Waals surface area contributed by atoms with E-state index in [1.54, 1.807) is 35.2 Å². The van der Waals surface area contributed by atoms with E-state index in [4.69, 9.17) is 4.18 Å². The molecule has 6 heteroatoms. The normalized spacial score (nSPS) is 13.1. The molecule has 1 atom stereocenters. The van der Waals surface area contributed by atoms with Gasteiger partial charge in [0.25, 0.3) is 10.1 Å². The van der Waals surface area contributed by atoms with Gasteiger partial charge in [0.05, 0.1) is 11.2 Å². The quantitative estimate of drug-likeness (QED) is 0.606. The molecule has 0 amide bonds. The van der Waals surface area contributed by atoms with E-state index in [9.17, 15) is 8.42 Å². The highest BCUT2D eigenvalue weighted by Crippen LogP contribution is 2.22. The molecule has 2 rings (SSSR count). The van der Waals surface area contributed by atoms with Gasteiger partial charge in [0.15, 0.2) is 6.23 Å². The number of aromatic nitrogens is 2. The summed E-state index contributed by atoms with van der Waals surface area (Å²) in [6, 6.07) is 6.53. The van der Waals surface area contributed by atoms with Crippen LogP contribution in [-0.2, 0) is 14.3 Å². The Bertz CT molecular complexity index is 661. The van der Waals surface area contributed by atoms with Crippen LogP contribution in [0.1, 0.15) is 18.2 Å². The molecule has 1 aromatic carbocycles. The lowest BCUT2D eigenvalue weighted by Crippen LogP contribution is -2.16. The third-order valence-electron chi connectivity index (χ3n) is 2.77. The molecule has 106 valence electrons. The lowest BCUT2D eigenvalue weighted by molar-refractivity contribution is 0.143. The van der Waals surface area contributed by atoms with E-state index >= 15 is 0 Å². The predicted molar refractivity (Wildman–Crippen MR) is 75.5 cm³/mol. The highest BCUT2D eigenvalue weighted by atomic mass is 32.2. The summed E-state index contributed by atoms with van der Waals surface area (Å²) in [4.78, 5) is 4.03. The van der Waals surface area contributed by atoms with Gasteiger partial charge in [0, 0.05) is 18.8 Å². The third kappa shape index (κ3) is 3.34. The molecule has 0 bridgehead atoms. The first-order chi connectivity index (χ1) is 9.53. The van der Waals surface area contributed by atoms with Gasteiger partial charge in [-0.15, -0.1) is 6.58 Å². The van der Waals surface area contributed by atoms with Crippen LogP contribution in [0.25, 0.3) is 0 Å². The molecule has 0 fully saturated rings. The average Bonchev–Trinajstić information content (AvgIpc) is 2.92. The Labute approximate surface area is 118 Å². The van der Waals surface area contributed by atoms with Gasteiger partial charge in [-0.05, 0) is 19.1 Å². The van der Waals surface area contributed by atoms with E-state index in [0.717, 1.165) is 5.56 Å². The maximum atomic E-state index is 12.2. The molecule has 0 saturated heterocycles. The number of benzene rings is 1. The largest absolute Gasteiger partial charge is 0.309 e. The van der Waals surface area contributed by atoms with Gasteiger partial charge >= 0.3 is 0 Å². The zero-order valence-corrected chi connectivity index (χ0v) is 12.0. The van der Waals surface area contributed by atoms with Crippen LogP contribution in [0.3, 0.4) is 0 Å². The first-order valence-electron chi connectivity index (χ1n) is 6.11. The van der Waals surface area contributed by atoms with Crippen molar-refractivity contribution in [2.75, 3.05) is 0 Å². The second kappa shape index (κ2) is 6.02. The lowest BCUT2D eigenvalue weighted by atomic mass is 10.2. The SMILES string of the molecule is C=CCC(OS(=O)(=O)c1ccc(C)cc1)n1ccnc1. The minimum atomic E-state index is -3.82. The van der Waals surface area contributed by atoms with Crippen LogP contribution in [-0.4, -0.2) is 18.0 Å². The van der Waals surface area contributed by atoms with E-state index in [1.165, 1.54) is 18.5 Å². The predicted octanol–water partition coefficient (Wildman–Crippen LogP) is 2.67. The Morgan fingerprint density at radius 3 is 2.65 bits per heavy atom. The molecule has 20 heavy (non-hydrogen) atoms. The lowest BCUT2D eigenvalue weighted by Gasteiger charge is -2.17. The summed E-state index contributed by atoms with van der Waals surface area (Å²) >= 11 is 0. The van der Waals surface area contributed by atoms with Crippen molar-refractivity contribution >= 4 is 10.1 Å². The van der Waals surface area contributed by atoms with E-state index < -0.39 is 16.3 Å². The van der Waals surface area contributed by atoms with E-state index in [2.05, 4.69) is 11.6 Å². The Balaban J connectivity index is 2.25. The standard InChI is InChI=1S/C14H16N2O3S/c1-3-4-14(16-10-9-15-11-16)19-20(17,18)13-7-5-12(2)6-8-13/h3,5-11,14H,1,4H2,2H3. The van der Waals surface area contributed by atoms with Gasteiger partial charge in [-0.3, -0.25) is 0 Å². The van der Waals surface area contributed by atoms with Crippen molar-refractivity contribution in [2.45, 2.75) is 24.5 Å². The molecule has 0 radical (unpaired) electrons. The van der Waals surface area contributed by atoms with E-state index in [1.807, 2.05) is 6.92 Å². The Kier molecular flexibility index (Phi) is 4.36. The van der Waals surface area contributed by atoms with Crippen LogP contribution in [0.4, 0.5) is 0 Å². The van der Waals surface area contributed by atoms with Crippen molar-refractivity contribution in [1.29, 1.82) is 0 Å². The zero-order valence-electron chi connectivity index (χ0n) is 11.1. The summed E-state index contributed by atoms with van der Waals surface area (Å²) < 4.78 is 31.3. The number of hydrogen-bond acceptors (Lipinski definition) is 4. The average molecular weight is 292 g/mol. The van der Waals surface area contributed by atoms with Gasteiger partial charge < -0.3 is 4.57 Å². The van der Waals surface area contributed by atoms with Gasteiger partial charge in [-0.1, -0.05) is 23.8 Å². The maximum absolute atomic E-state index is 12.2. The number of aryl methyl sites for hydroxylation is 1. The van der Waals surface area contributed by atoms with E-state index in [-0.39, 0.29) is 4.90 Å². The summed E-state index contributed by atoms with van der Waals surface area (Å²) in [5.74, 6) is 0. The topological polar surface area (TPSA) is 61.2 Å². The third-order valence-corrected chi connectivity index (χ3v) is 4.10. The molecule has 1 unspecified atom stereocenters. The van der Waals surface area contributed by atoms with Gasteiger partial charge in [-0.25, -0.2) is 9.17 Å². The van der Waals surface area contributed by atoms with Crippen LogP contribution in [0.2, 0.25) is 0 Å². The molecule has 0 aliphatic heterocycles. The Morgan fingerprint density at radius 2 is 2.10 bits per heavy atom. The zero-order chi connectivity index (χ0) is 14.6. The van der Waals surface area contributed by atoms with Crippen molar-refractivity contribution in [3.63, 3.8) is 0 Å². The van der Waals surface area contributed by atoms with Crippen molar-refractivity contribution in [3.05, 3.63) is 61.2 Å². The fourth-order valence-electron chi connectivity index (χ4n) is 1.70. The monoisotopic (exact) mass is 292 g/mol. The van der Waals surface area contributed by atoms with Crippen LogP contribution >= 0.6 is 0 Å². The first-order valence-corrected chi connectivity index (χ1v) is 7.52. The molecular weight excluding hydrogens is 276 g/mol. The molecule has 0 aliphatic carbocycles. The molecule has 0 aliphatic rings. The minimum Gasteiger partial charge on any atom is -0.309 e. The smallest absolute Gasteiger partial charge is 0.299 e. The van der Waals surface area contributed by atoms with Gasteiger partial charge in [-0.2, -0.15) is 8.42 Å². The Morgan fingerprint density at radius 1 is 1.40 bits per heavy atom. The van der Waals surface area contributed by atoms with Crippen LogP contribution in [0.15, 0.2) is 60.5 Å². The number of nitrogens with zero attached hydrogens (tertiary/aromatic N) is 2. The number of rotatable bonds is 6. The summed E-state index contributed by atoms with van der Waals surface area (Å²) in [6.45, 7) is 5.51. The van der Waals surface area contributed by atoms with Gasteiger partial charge in [0.1, 0.15) is 0 Å². The van der Waals surface area contributed by atoms with Crippen molar-refractivity contribution in [1.82, 2.24) is 9.55 Å². The number of hydrogen-bond donors (Lipinski definition) is 0. The fourth-order valence-corrected chi connectivity index (χ4v) is 2.75. The maximum Gasteiger partial charge on any atom is 0.299 e. The van der Waals surface area contributed by atoms with E-state index in [0.29, 0.717) is 6.42 Å². The van der Waals surface area contributed by atoms with Crippen molar-refractivity contribution in [2.24, 2.45) is 0 Å². The van der Waals surface area contributed by atoms with Crippen LogP contribution in [0, 0.1) is 6.92 Å². The highest BCUT2D eigenvalue weighted by Gasteiger charge is 2.21. The molecule has 5 nitrogen and oxygen atoms in total. The molecule has 0 spiro atoms. The van der Waals surface area contributed by atoms with Crippen molar-refractivity contribution < 1.29 is 12.6 Å². The second-order valence-corrected chi connectivity index (χ2v) is 5.92. The summed E-state index contributed by atoms with van der Waals surface area (Å²) in [6.07, 6.45) is 6.02. The molecule has 0 N–H and O–H groups in total. The molecule has 1 heterocycles. The molecule has 1 aromatic heterocycles.